The lowest BCUT2D eigenvalue weighted by molar-refractivity contribution is -0.133. The maximum absolute atomic E-state index is 12.5. The zero-order chi connectivity index (χ0) is 21.4. The van der Waals surface area contributed by atoms with Crippen LogP contribution in [0, 0.1) is 25.2 Å². The molecule has 0 aliphatic rings. The van der Waals surface area contributed by atoms with Crippen molar-refractivity contribution in [1.29, 1.82) is 5.26 Å². The Hall–Kier alpha value is -3.34. The van der Waals surface area contributed by atoms with Crippen molar-refractivity contribution in [2.75, 3.05) is 26.0 Å². The van der Waals surface area contributed by atoms with E-state index >= 15 is 0 Å². The van der Waals surface area contributed by atoms with Crippen molar-refractivity contribution in [3.05, 3.63) is 41.2 Å². The van der Waals surface area contributed by atoms with E-state index in [1.54, 1.807) is 38.4 Å². The highest BCUT2D eigenvalue weighted by Gasteiger charge is 2.17. The van der Waals surface area contributed by atoms with Crippen LogP contribution in [0.25, 0.3) is 0 Å². The van der Waals surface area contributed by atoms with E-state index in [4.69, 9.17) is 10.00 Å². The summed E-state index contributed by atoms with van der Waals surface area (Å²) in [5, 5.41) is 16.0. The lowest BCUT2D eigenvalue weighted by Crippen LogP contribution is -2.35. The number of anilines is 1. The first-order chi connectivity index (χ1) is 13.8. The van der Waals surface area contributed by atoms with E-state index in [2.05, 4.69) is 16.5 Å². The number of ether oxygens (including phenoxy) is 1. The van der Waals surface area contributed by atoms with Crippen LogP contribution in [0.5, 0.6) is 5.75 Å². The molecular formula is C21H27N5O3. The van der Waals surface area contributed by atoms with Gasteiger partial charge in [-0.3, -0.25) is 14.3 Å². The number of amides is 2. The molecule has 8 heteroatoms. The van der Waals surface area contributed by atoms with E-state index < -0.39 is 0 Å². The number of aryl methyl sites for hydroxylation is 2. The Morgan fingerprint density at radius 1 is 1.34 bits per heavy atom. The van der Waals surface area contributed by atoms with Gasteiger partial charge >= 0.3 is 0 Å². The van der Waals surface area contributed by atoms with E-state index in [-0.39, 0.29) is 24.8 Å². The average Bonchev–Trinajstić information content (AvgIpc) is 2.97. The monoisotopic (exact) mass is 397 g/mol. The van der Waals surface area contributed by atoms with Crippen molar-refractivity contribution in [2.24, 2.45) is 0 Å². The van der Waals surface area contributed by atoms with Gasteiger partial charge in [-0.1, -0.05) is 6.07 Å². The molecule has 1 heterocycles. The third kappa shape index (κ3) is 6.07. The van der Waals surface area contributed by atoms with Gasteiger partial charge in [-0.25, -0.2) is 0 Å². The van der Waals surface area contributed by atoms with Gasteiger partial charge in [0.2, 0.25) is 11.8 Å². The van der Waals surface area contributed by atoms with Crippen molar-refractivity contribution in [3.8, 4) is 11.8 Å². The zero-order valence-corrected chi connectivity index (χ0v) is 17.4. The number of likely N-dealkylation sites (N-methyl/N-ethyl adjacent to an activating group) is 1. The molecule has 8 nitrogen and oxygen atoms in total. The number of hydrogen-bond donors (Lipinski definition) is 1. The predicted molar refractivity (Wildman–Crippen MR) is 110 cm³/mol. The first-order valence-corrected chi connectivity index (χ1v) is 9.43. The minimum absolute atomic E-state index is 0.0323. The minimum atomic E-state index is -0.272. The lowest BCUT2D eigenvalue weighted by Gasteiger charge is -2.17. The van der Waals surface area contributed by atoms with Crippen LogP contribution in [0.15, 0.2) is 24.3 Å². The fourth-order valence-corrected chi connectivity index (χ4v) is 3.10. The molecule has 29 heavy (non-hydrogen) atoms. The Labute approximate surface area is 171 Å². The Bertz CT molecular complexity index is 914. The molecule has 2 aromatic rings. The normalized spacial score (nSPS) is 10.3. The smallest absolute Gasteiger partial charge is 0.243 e. The van der Waals surface area contributed by atoms with Gasteiger partial charge in [0, 0.05) is 30.9 Å². The van der Waals surface area contributed by atoms with Gasteiger partial charge in [-0.2, -0.15) is 10.4 Å². The number of carbonyl (C=O) groups excluding carboxylic acids is 2. The predicted octanol–water partition coefficient (Wildman–Crippen LogP) is 2.45. The Morgan fingerprint density at radius 3 is 2.79 bits per heavy atom. The molecule has 0 atom stereocenters. The fraction of sp³-hybridized carbons (Fsp3) is 0.429. The second kappa shape index (κ2) is 10.3. The van der Waals surface area contributed by atoms with E-state index in [0.717, 1.165) is 17.0 Å². The molecule has 154 valence electrons. The number of carbonyl (C=O) groups is 2. The summed E-state index contributed by atoms with van der Waals surface area (Å²) in [6.07, 6.45) is 1.23. The molecule has 0 aliphatic carbocycles. The Kier molecular flexibility index (Phi) is 7.78. The lowest BCUT2D eigenvalue weighted by atomic mass is 10.1. The molecular weight excluding hydrogens is 370 g/mol. The van der Waals surface area contributed by atoms with E-state index in [1.807, 2.05) is 18.5 Å². The number of rotatable bonds is 9. The van der Waals surface area contributed by atoms with Crippen LogP contribution in [0.2, 0.25) is 0 Å². The largest absolute Gasteiger partial charge is 0.497 e. The molecule has 0 aliphatic heterocycles. The highest BCUT2D eigenvalue weighted by atomic mass is 16.5. The summed E-state index contributed by atoms with van der Waals surface area (Å²) < 4.78 is 6.94. The summed E-state index contributed by atoms with van der Waals surface area (Å²) in [5.41, 5.74) is 3.48. The summed E-state index contributed by atoms with van der Waals surface area (Å²) in [6.45, 7) is 4.36. The van der Waals surface area contributed by atoms with Gasteiger partial charge in [-0.15, -0.1) is 0 Å². The van der Waals surface area contributed by atoms with Crippen molar-refractivity contribution in [3.63, 3.8) is 0 Å². The third-order valence-electron chi connectivity index (χ3n) is 4.72. The molecule has 1 N–H and O–H groups in total. The van der Waals surface area contributed by atoms with Crippen LogP contribution in [0.1, 0.15) is 29.8 Å². The average molecular weight is 397 g/mol. The second-order valence-corrected chi connectivity index (χ2v) is 6.81. The molecule has 2 amide bonds. The number of nitrogens with zero attached hydrogens (tertiary/aromatic N) is 4. The van der Waals surface area contributed by atoms with Crippen molar-refractivity contribution in [2.45, 2.75) is 39.7 Å². The van der Waals surface area contributed by atoms with E-state index in [1.165, 1.54) is 4.90 Å². The first kappa shape index (κ1) is 22.0. The van der Waals surface area contributed by atoms with Crippen molar-refractivity contribution >= 4 is 17.5 Å². The van der Waals surface area contributed by atoms with Crippen molar-refractivity contribution < 1.29 is 14.3 Å². The highest BCUT2D eigenvalue weighted by molar-refractivity contribution is 5.94. The van der Waals surface area contributed by atoms with Crippen LogP contribution in [0.3, 0.4) is 0 Å². The summed E-state index contributed by atoms with van der Waals surface area (Å²) in [7, 11) is 3.17. The third-order valence-corrected chi connectivity index (χ3v) is 4.72. The number of hydrogen-bond acceptors (Lipinski definition) is 5. The molecule has 1 aromatic heterocycles. The van der Waals surface area contributed by atoms with E-state index in [9.17, 15) is 9.59 Å². The van der Waals surface area contributed by atoms with Crippen LogP contribution in [-0.2, 0) is 22.6 Å². The molecule has 0 spiro atoms. The quantitative estimate of drug-likeness (QED) is 0.700. The Morgan fingerprint density at radius 2 is 2.10 bits per heavy atom. The number of benzene rings is 1. The number of aromatic nitrogens is 2. The Balaban J connectivity index is 1.88. The van der Waals surface area contributed by atoms with Gasteiger partial charge in [-0.05, 0) is 38.0 Å². The molecule has 0 saturated carbocycles. The molecule has 0 fully saturated rings. The van der Waals surface area contributed by atoms with Gasteiger partial charge in [0.05, 0.1) is 38.4 Å². The zero-order valence-electron chi connectivity index (χ0n) is 17.4. The molecule has 0 unspecified atom stereocenters. The van der Waals surface area contributed by atoms with Crippen molar-refractivity contribution in [1.82, 2.24) is 14.7 Å². The summed E-state index contributed by atoms with van der Waals surface area (Å²) >= 11 is 0. The summed E-state index contributed by atoms with van der Waals surface area (Å²) in [6, 6.07) is 9.16. The topological polar surface area (TPSA) is 100 Å². The maximum Gasteiger partial charge on any atom is 0.243 e. The van der Waals surface area contributed by atoms with Gasteiger partial charge in [0.25, 0.3) is 0 Å². The van der Waals surface area contributed by atoms with Crippen LogP contribution >= 0.6 is 0 Å². The molecule has 0 bridgehead atoms. The van der Waals surface area contributed by atoms with Gasteiger partial charge in [0.1, 0.15) is 5.75 Å². The molecule has 1 aromatic carbocycles. The highest BCUT2D eigenvalue weighted by Crippen LogP contribution is 2.17. The number of nitriles is 1. The molecule has 0 saturated heterocycles. The number of methoxy groups -OCH3 is 1. The van der Waals surface area contributed by atoms with Gasteiger partial charge in [0.15, 0.2) is 0 Å². The molecule has 2 rings (SSSR count). The molecule has 0 radical (unpaired) electrons. The summed E-state index contributed by atoms with van der Waals surface area (Å²) in [5.74, 6) is 0.258. The summed E-state index contributed by atoms with van der Waals surface area (Å²) in [4.78, 5) is 26.1. The fourth-order valence-electron chi connectivity index (χ4n) is 3.10. The maximum atomic E-state index is 12.5. The standard InChI is InChI=1S/C21H27N5O3/c1-15-19(16(2)26(24-15)12-6-11-22)9-10-21(28)25(3)14-20(27)23-17-7-5-8-18(13-17)29-4/h5,7-8,13H,6,9-10,12,14H2,1-4H3,(H,23,27). The van der Waals surface area contributed by atoms with E-state index in [0.29, 0.717) is 30.8 Å². The SMILES string of the molecule is COc1cccc(NC(=O)CN(C)C(=O)CCc2c(C)nn(CCC#N)c2C)c1. The van der Waals surface area contributed by atoms with Gasteiger partial charge < -0.3 is 15.0 Å². The first-order valence-electron chi connectivity index (χ1n) is 9.43. The van der Waals surface area contributed by atoms with Crippen LogP contribution in [0.4, 0.5) is 5.69 Å². The number of nitrogens with one attached hydrogen (secondary N) is 1. The van der Waals surface area contributed by atoms with Crippen LogP contribution in [-0.4, -0.2) is 47.2 Å². The second-order valence-electron chi connectivity index (χ2n) is 6.81. The van der Waals surface area contributed by atoms with Crippen LogP contribution < -0.4 is 10.1 Å². The minimum Gasteiger partial charge on any atom is -0.497 e.